The van der Waals surface area contributed by atoms with Gasteiger partial charge in [-0.3, -0.25) is 0 Å². The Balaban J connectivity index is 1.42. The molecule has 0 N–H and O–H groups in total. The van der Waals surface area contributed by atoms with Gasteiger partial charge in [0.05, 0.1) is 31.5 Å². The lowest BCUT2D eigenvalue weighted by atomic mass is 10.1. The van der Waals surface area contributed by atoms with E-state index in [1.54, 1.807) is 7.11 Å². The smallest absolute Gasteiger partial charge is 0.262 e. The summed E-state index contributed by atoms with van der Waals surface area (Å²) in [5, 5.41) is 12.7. The van der Waals surface area contributed by atoms with Crippen molar-refractivity contribution < 1.29 is 14.0 Å². The van der Waals surface area contributed by atoms with Gasteiger partial charge >= 0.3 is 0 Å². The fourth-order valence-electron chi connectivity index (χ4n) is 3.42. The summed E-state index contributed by atoms with van der Waals surface area (Å²) < 4.78 is 18.7. The standard InChI is InChI=1S/C21H19N5O3/c1-13-7-9-14(10-8-13)18-11-26-16(12-28-18)19(23-25-26)20-22-21(29-24-20)15-5-3-4-6-17(15)27-2/h3-10,18H,11-12H2,1-2H3/t18-/m1/s1. The van der Waals surface area contributed by atoms with Crippen molar-refractivity contribution in [2.75, 3.05) is 7.11 Å². The molecule has 0 spiro atoms. The molecule has 5 rings (SSSR count). The fourth-order valence-corrected chi connectivity index (χ4v) is 3.42. The molecular weight excluding hydrogens is 370 g/mol. The van der Waals surface area contributed by atoms with E-state index in [1.165, 1.54) is 5.56 Å². The maximum absolute atomic E-state index is 6.07. The van der Waals surface area contributed by atoms with E-state index in [0.717, 1.165) is 16.8 Å². The number of nitrogens with zero attached hydrogens (tertiary/aromatic N) is 5. The molecular formula is C21H19N5O3. The highest BCUT2D eigenvalue weighted by atomic mass is 16.5. The van der Waals surface area contributed by atoms with Crippen LogP contribution in [-0.2, 0) is 17.9 Å². The highest BCUT2D eigenvalue weighted by Gasteiger charge is 2.28. The van der Waals surface area contributed by atoms with Gasteiger partial charge in [-0.05, 0) is 24.6 Å². The Morgan fingerprint density at radius 3 is 2.76 bits per heavy atom. The van der Waals surface area contributed by atoms with Crippen molar-refractivity contribution in [3.8, 4) is 28.7 Å². The summed E-state index contributed by atoms with van der Waals surface area (Å²) in [6, 6.07) is 15.8. The number of hydrogen-bond donors (Lipinski definition) is 0. The quantitative estimate of drug-likeness (QED) is 0.527. The van der Waals surface area contributed by atoms with Gasteiger partial charge in [0.2, 0.25) is 5.82 Å². The van der Waals surface area contributed by atoms with Crippen molar-refractivity contribution in [3.63, 3.8) is 0 Å². The van der Waals surface area contributed by atoms with Gasteiger partial charge in [-0.2, -0.15) is 4.98 Å². The lowest BCUT2D eigenvalue weighted by Gasteiger charge is -2.24. The van der Waals surface area contributed by atoms with Crippen molar-refractivity contribution in [2.45, 2.75) is 26.2 Å². The second-order valence-electron chi connectivity index (χ2n) is 6.90. The zero-order chi connectivity index (χ0) is 19.8. The van der Waals surface area contributed by atoms with Crippen LogP contribution in [0.25, 0.3) is 23.0 Å². The zero-order valence-corrected chi connectivity index (χ0v) is 16.1. The van der Waals surface area contributed by atoms with Crippen LogP contribution in [0, 0.1) is 6.92 Å². The van der Waals surface area contributed by atoms with Gasteiger partial charge < -0.3 is 14.0 Å². The average molecular weight is 389 g/mol. The number of fused-ring (bicyclic) bond motifs is 1. The molecule has 8 heteroatoms. The molecule has 1 atom stereocenters. The van der Waals surface area contributed by atoms with Crippen LogP contribution >= 0.6 is 0 Å². The van der Waals surface area contributed by atoms with Crippen LogP contribution in [0.5, 0.6) is 5.75 Å². The Hall–Kier alpha value is -3.52. The molecule has 0 bridgehead atoms. The maximum atomic E-state index is 6.07. The highest BCUT2D eigenvalue weighted by Crippen LogP contribution is 2.32. The number of methoxy groups -OCH3 is 1. The molecule has 4 aromatic rings. The van der Waals surface area contributed by atoms with Crippen molar-refractivity contribution in [3.05, 3.63) is 65.4 Å². The van der Waals surface area contributed by atoms with E-state index in [4.69, 9.17) is 14.0 Å². The minimum Gasteiger partial charge on any atom is -0.496 e. The summed E-state index contributed by atoms with van der Waals surface area (Å²) in [7, 11) is 1.60. The summed E-state index contributed by atoms with van der Waals surface area (Å²) in [6.07, 6.45) is -0.0629. The minimum atomic E-state index is -0.0629. The van der Waals surface area contributed by atoms with Crippen LogP contribution in [0.3, 0.4) is 0 Å². The number of hydrogen-bond acceptors (Lipinski definition) is 7. The molecule has 2 aromatic carbocycles. The average Bonchev–Trinajstić information content (AvgIpc) is 3.40. The van der Waals surface area contributed by atoms with Gasteiger partial charge in [0.15, 0.2) is 5.69 Å². The SMILES string of the molecule is COc1ccccc1-c1nc(-c2nnn3c2CO[C@@H](c2ccc(C)cc2)C3)no1. The Morgan fingerprint density at radius 2 is 1.93 bits per heavy atom. The predicted molar refractivity (Wildman–Crippen MR) is 104 cm³/mol. The number of rotatable bonds is 4. The molecule has 1 aliphatic rings. The van der Waals surface area contributed by atoms with E-state index >= 15 is 0 Å². The summed E-state index contributed by atoms with van der Waals surface area (Å²) in [6.45, 7) is 3.03. The largest absolute Gasteiger partial charge is 0.496 e. The van der Waals surface area contributed by atoms with Crippen molar-refractivity contribution in [1.29, 1.82) is 0 Å². The fraction of sp³-hybridized carbons (Fsp3) is 0.238. The first-order chi connectivity index (χ1) is 14.2. The first kappa shape index (κ1) is 17.6. The van der Waals surface area contributed by atoms with Crippen LogP contribution < -0.4 is 4.74 Å². The summed E-state index contributed by atoms with van der Waals surface area (Å²) in [5.74, 6) is 1.41. The van der Waals surface area contributed by atoms with Gasteiger partial charge in [0, 0.05) is 0 Å². The number of benzene rings is 2. The second kappa shape index (κ2) is 7.14. The lowest BCUT2D eigenvalue weighted by Crippen LogP contribution is -2.22. The van der Waals surface area contributed by atoms with E-state index in [1.807, 2.05) is 28.9 Å². The maximum Gasteiger partial charge on any atom is 0.262 e. The van der Waals surface area contributed by atoms with Gasteiger partial charge in [-0.25, -0.2) is 4.68 Å². The Bertz CT molecular complexity index is 1150. The molecule has 0 aliphatic carbocycles. The molecule has 0 radical (unpaired) electrons. The zero-order valence-electron chi connectivity index (χ0n) is 16.1. The molecule has 0 fully saturated rings. The molecule has 146 valence electrons. The minimum absolute atomic E-state index is 0.0629. The molecule has 29 heavy (non-hydrogen) atoms. The van der Waals surface area contributed by atoms with Crippen molar-refractivity contribution in [1.82, 2.24) is 25.1 Å². The molecule has 2 aromatic heterocycles. The number of aryl methyl sites for hydroxylation is 1. The first-order valence-corrected chi connectivity index (χ1v) is 9.31. The normalized spacial score (nSPS) is 15.9. The second-order valence-corrected chi connectivity index (χ2v) is 6.90. The first-order valence-electron chi connectivity index (χ1n) is 9.31. The topological polar surface area (TPSA) is 88.1 Å². The van der Waals surface area contributed by atoms with E-state index in [2.05, 4.69) is 51.6 Å². The molecule has 0 amide bonds. The van der Waals surface area contributed by atoms with Crippen molar-refractivity contribution in [2.24, 2.45) is 0 Å². The monoisotopic (exact) mass is 389 g/mol. The van der Waals surface area contributed by atoms with E-state index in [9.17, 15) is 0 Å². The van der Waals surface area contributed by atoms with Crippen LogP contribution in [0.2, 0.25) is 0 Å². The Labute approximate surface area is 167 Å². The third-order valence-electron chi connectivity index (χ3n) is 5.02. The number of ether oxygens (including phenoxy) is 2. The van der Waals surface area contributed by atoms with Gasteiger partial charge in [0.25, 0.3) is 5.89 Å². The Kier molecular flexibility index (Phi) is 4.33. The van der Waals surface area contributed by atoms with E-state index < -0.39 is 0 Å². The molecule has 3 heterocycles. The molecule has 8 nitrogen and oxygen atoms in total. The summed E-state index contributed by atoms with van der Waals surface area (Å²) >= 11 is 0. The van der Waals surface area contributed by atoms with Gasteiger partial charge in [0.1, 0.15) is 11.9 Å². The summed E-state index contributed by atoms with van der Waals surface area (Å²) in [5.41, 5.74) is 4.47. The molecule has 0 unspecified atom stereocenters. The third kappa shape index (κ3) is 3.17. The third-order valence-corrected chi connectivity index (χ3v) is 5.02. The summed E-state index contributed by atoms with van der Waals surface area (Å²) in [4.78, 5) is 4.50. The van der Waals surface area contributed by atoms with Crippen LogP contribution in [0.4, 0.5) is 0 Å². The van der Waals surface area contributed by atoms with Crippen LogP contribution in [0.1, 0.15) is 22.9 Å². The van der Waals surface area contributed by atoms with Crippen LogP contribution in [0.15, 0.2) is 53.1 Å². The number of aromatic nitrogens is 5. The van der Waals surface area contributed by atoms with Gasteiger partial charge in [-0.15, -0.1) is 5.10 Å². The predicted octanol–water partition coefficient (Wildman–Crippen LogP) is 3.58. The molecule has 0 saturated carbocycles. The van der Waals surface area contributed by atoms with Crippen LogP contribution in [-0.4, -0.2) is 32.2 Å². The van der Waals surface area contributed by atoms with Gasteiger partial charge in [-0.1, -0.05) is 52.3 Å². The molecule has 1 aliphatic heterocycles. The molecule has 0 saturated heterocycles. The van der Waals surface area contributed by atoms with E-state index in [-0.39, 0.29) is 6.10 Å². The van der Waals surface area contributed by atoms with Crippen molar-refractivity contribution >= 4 is 0 Å². The van der Waals surface area contributed by atoms with E-state index in [0.29, 0.717) is 36.3 Å². The Morgan fingerprint density at radius 1 is 1.10 bits per heavy atom. The lowest BCUT2D eigenvalue weighted by molar-refractivity contribution is -0.00112. The highest BCUT2D eigenvalue weighted by molar-refractivity contribution is 5.64. The number of para-hydroxylation sites is 1.